The second-order valence-electron chi connectivity index (χ2n) is 7.36. The van der Waals surface area contributed by atoms with Crippen molar-refractivity contribution < 1.29 is 17.9 Å². The minimum absolute atomic E-state index is 0.281. The molecule has 0 aromatic heterocycles. The van der Waals surface area contributed by atoms with Crippen LogP contribution in [0.1, 0.15) is 31.4 Å². The first-order valence-electron chi connectivity index (χ1n) is 9.67. The molecule has 1 N–H and O–H groups in total. The van der Waals surface area contributed by atoms with E-state index in [1.165, 1.54) is 4.31 Å². The normalized spacial score (nSPS) is 13.4. The second kappa shape index (κ2) is 9.78. The molecule has 2 rings (SSSR count). The van der Waals surface area contributed by atoms with Crippen LogP contribution in [0.2, 0.25) is 0 Å². The van der Waals surface area contributed by atoms with Crippen LogP contribution >= 0.6 is 0 Å². The lowest BCUT2D eigenvalue weighted by Crippen LogP contribution is -2.52. The van der Waals surface area contributed by atoms with Crippen LogP contribution < -0.4 is 14.4 Å². The summed E-state index contributed by atoms with van der Waals surface area (Å²) in [5.41, 5.74) is 2.55. The average molecular weight is 419 g/mol. The number of benzene rings is 2. The highest BCUT2D eigenvalue weighted by molar-refractivity contribution is 7.92. The number of nitrogens with zero attached hydrogens (tertiary/aromatic N) is 1. The van der Waals surface area contributed by atoms with Crippen molar-refractivity contribution in [2.24, 2.45) is 0 Å². The number of hydrogen-bond acceptors (Lipinski definition) is 4. The van der Waals surface area contributed by atoms with E-state index in [0.29, 0.717) is 12.1 Å². The number of sulfonamides is 1. The number of hydrogen-bond donors (Lipinski definition) is 1. The van der Waals surface area contributed by atoms with Crippen molar-refractivity contribution in [3.63, 3.8) is 0 Å². The monoisotopic (exact) mass is 418 g/mol. The Morgan fingerprint density at radius 2 is 1.76 bits per heavy atom. The van der Waals surface area contributed by atoms with Gasteiger partial charge in [0.1, 0.15) is 18.4 Å². The summed E-state index contributed by atoms with van der Waals surface area (Å²) >= 11 is 0. The summed E-state index contributed by atoms with van der Waals surface area (Å²) < 4.78 is 31.9. The van der Waals surface area contributed by atoms with Gasteiger partial charge in [0.25, 0.3) is 0 Å². The van der Waals surface area contributed by atoms with Gasteiger partial charge in [0.05, 0.1) is 18.0 Å². The molecule has 158 valence electrons. The summed E-state index contributed by atoms with van der Waals surface area (Å²) in [4.78, 5) is 12.9. The Bertz CT molecular complexity index is 926. The van der Waals surface area contributed by atoms with Crippen molar-refractivity contribution in [3.05, 3.63) is 59.7 Å². The summed E-state index contributed by atoms with van der Waals surface area (Å²) in [7, 11) is -3.64. The molecule has 0 saturated heterocycles. The number of nitrogens with one attached hydrogen (secondary N) is 1. The molecule has 0 unspecified atom stereocenters. The van der Waals surface area contributed by atoms with Crippen molar-refractivity contribution in [1.29, 1.82) is 0 Å². The van der Waals surface area contributed by atoms with E-state index >= 15 is 0 Å². The van der Waals surface area contributed by atoms with Crippen molar-refractivity contribution in [2.75, 3.05) is 17.2 Å². The largest absolute Gasteiger partial charge is 0.491 e. The van der Waals surface area contributed by atoms with Gasteiger partial charge in [-0.2, -0.15) is 0 Å². The van der Waals surface area contributed by atoms with Gasteiger partial charge in [-0.25, -0.2) is 8.42 Å². The molecule has 29 heavy (non-hydrogen) atoms. The summed E-state index contributed by atoms with van der Waals surface area (Å²) in [6.07, 6.45) is 1.47. The van der Waals surface area contributed by atoms with Crippen molar-refractivity contribution >= 4 is 21.6 Å². The molecular weight excluding hydrogens is 388 g/mol. The highest BCUT2D eigenvalue weighted by Crippen LogP contribution is 2.23. The first kappa shape index (κ1) is 22.7. The lowest BCUT2D eigenvalue weighted by molar-refractivity contribution is -0.123. The predicted octanol–water partition coefficient (Wildman–Crippen LogP) is 3.43. The highest BCUT2D eigenvalue weighted by atomic mass is 32.2. The van der Waals surface area contributed by atoms with Gasteiger partial charge in [0, 0.05) is 0 Å². The zero-order valence-corrected chi connectivity index (χ0v) is 18.5. The predicted molar refractivity (Wildman–Crippen MR) is 117 cm³/mol. The van der Waals surface area contributed by atoms with Crippen LogP contribution in [0.25, 0.3) is 0 Å². The smallest absolute Gasteiger partial charge is 0.244 e. The Morgan fingerprint density at radius 3 is 2.31 bits per heavy atom. The molecule has 0 heterocycles. The SMILES string of the molecule is CC[C@@H](C(=O)N[C@H](C)COc1ccc(C)cc1)N(c1cccc(C)c1)S(C)(=O)=O. The second-order valence-corrected chi connectivity index (χ2v) is 9.21. The van der Waals surface area contributed by atoms with Crippen LogP contribution in [0, 0.1) is 13.8 Å². The minimum Gasteiger partial charge on any atom is -0.491 e. The zero-order valence-electron chi connectivity index (χ0n) is 17.7. The molecule has 0 spiro atoms. The van der Waals surface area contributed by atoms with Crippen LogP contribution in [-0.4, -0.2) is 39.3 Å². The summed E-state index contributed by atoms with van der Waals surface area (Å²) in [5.74, 6) is 0.376. The first-order chi connectivity index (χ1) is 13.6. The summed E-state index contributed by atoms with van der Waals surface area (Å²) in [5, 5.41) is 2.88. The Balaban J connectivity index is 2.11. The van der Waals surface area contributed by atoms with E-state index in [1.54, 1.807) is 25.1 Å². The molecule has 0 aliphatic heterocycles. The van der Waals surface area contributed by atoms with E-state index in [9.17, 15) is 13.2 Å². The van der Waals surface area contributed by atoms with Crippen molar-refractivity contribution in [1.82, 2.24) is 5.32 Å². The van der Waals surface area contributed by atoms with E-state index in [2.05, 4.69) is 5.32 Å². The Labute approximate surface area is 173 Å². The molecule has 0 radical (unpaired) electrons. The van der Waals surface area contributed by atoms with Gasteiger partial charge in [-0.05, 0) is 57.0 Å². The van der Waals surface area contributed by atoms with Gasteiger partial charge >= 0.3 is 0 Å². The fourth-order valence-electron chi connectivity index (χ4n) is 3.06. The first-order valence-corrected chi connectivity index (χ1v) is 11.5. The van der Waals surface area contributed by atoms with Gasteiger partial charge in [-0.15, -0.1) is 0 Å². The van der Waals surface area contributed by atoms with Gasteiger partial charge < -0.3 is 10.1 Å². The van der Waals surface area contributed by atoms with E-state index in [4.69, 9.17) is 4.74 Å². The molecule has 7 heteroatoms. The van der Waals surface area contributed by atoms with Gasteiger partial charge in [0.15, 0.2) is 0 Å². The molecule has 2 aromatic carbocycles. The molecule has 2 atom stereocenters. The fraction of sp³-hybridized carbons (Fsp3) is 0.409. The third-order valence-electron chi connectivity index (χ3n) is 4.50. The number of ether oxygens (including phenoxy) is 1. The van der Waals surface area contributed by atoms with Crippen LogP contribution in [0.4, 0.5) is 5.69 Å². The third-order valence-corrected chi connectivity index (χ3v) is 5.68. The number of aryl methyl sites for hydroxylation is 2. The maximum atomic E-state index is 12.9. The summed E-state index contributed by atoms with van der Waals surface area (Å²) in [6.45, 7) is 7.80. The van der Waals surface area contributed by atoms with Crippen molar-refractivity contribution in [3.8, 4) is 5.75 Å². The highest BCUT2D eigenvalue weighted by Gasteiger charge is 2.32. The number of carbonyl (C=O) groups excluding carboxylic acids is 1. The van der Waals surface area contributed by atoms with Gasteiger partial charge in [-0.1, -0.05) is 36.8 Å². The Morgan fingerprint density at radius 1 is 1.10 bits per heavy atom. The lowest BCUT2D eigenvalue weighted by atomic mass is 10.1. The third kappa shape index (κ3) is 6.49. The van der Waals surface area contributed by atoms with E-state index in [-0.39, 0.29) is 18.6 Å². The number of anilines is 1. The molecule has 1 amide bonds. The molecule has 0 aliphatic rings. The standard InChI is InChI=1S/C22H30N2O4S/c1-6-21(24(29(5,26)27)19-9-7-8-17(3)14-19)22(25)23-18(4)15-28-20-12-10-16(2)11-13-20/h7-14,18,21H,6,15H2,1-5H3,(H,23,25)/t18-,21+/m1/s1. The molecule has 6 nitrogen and oxygen atoms in total. The summed E-state index contributed by atoms with van der Waals surface area (Å²) in [6, 6.07) is 13.7. The average Bonchev–Trinajstić information content (AvgIpc) is 2.64. The molecular formula is C22H30N2O4S. The Kier molecular flexibility index (Phi) is 7.67. The van der Waals surface area contributed by atoms with E-state index in [1.807, 2.05) is 51.1 Å². The van der Waals surface area contributed by atoms with Crippen LogP contribution in [0.3, 0.4) is 0 Å². The molecule has 0 fully saturated rings. The van der Waals surface area contributed by atoms with Crippen LogP contribution in [0.5, 0.6) is 5.75 Å². The van der Waals surface area contributed by atoms with Crippen molar-refractivity contribution in [2.45, 2.75) is 46.2 Å². The molecule has 2 aromatic rings. The number of amides is 1. The Hall–Kier alpha value is -2.54. The topological polar surface area (TPSA) is 75.7 Å². The van der Waals surface area contributed by atoms with Gasteiger partial charge in [0.2, 0.25) is 15.9 Å². The lowest BCUT2D eigenvalue weighted by Gasteiger charge is -2.31. The number of carbonyl (C=O) groups is 1. The maximum absolute atomic E-state index is 12.9. The van der Waals surface area contributed by atoms with Crippen LogP contribution in [0.15, 0.2) is 48.5 Å². The fourth-order valence-corrected chi connectivity index (χ4v) is 4.27. The zero-order chi connectivity index (χ0) is 21.6. The number of rotatable bonds is 9. The minimum atomic E-state index is -3.64. The van der Waals surface area contributed by atoms with Gasteiger partial charge in [-0.3, -0.25) is 9.10 Å². The molecule has 0 aliphatic carbocycles. The van der Waals surface area contributed by atoms with E-state index in [0.717, 1.165) is 23.1 Å². The molecule has 0 bridgehead atoms. The maximum Gasteiger partial charge on any atom is 0.244 e. The quantitative estimate of drug-likeness (QED) is 0.677. The van der Waals surface area contributed by atoms with E-state index < -0.39 is 16.1 Å². The van der Waals surface area contributed by atoms with Crippen LogP contribution in [-0.2, 0) is 14.8 Å². The molecule has 0 saturated carbocycles.